The van der Waals surface area contributed by atoms with Crippen molar-refractivity contribution in [2.24, 2.45) is 11.7 Å². The van der Waals surface area contributed by atoms with Crippen LogP contribution in [0.25, 0.3) is 0 Å². The highest BCUT2D eigenvalue weighted by Gasteiger charge is 2.31. The molecule has 1 heterocycles. The van der Waals surface area contributed by atoms with Crippen molar-refractivity contribution in [2.75, 3.05) is 0 Å². The van der Waals surface area contributed by atoms with Crippen molar-refractivity contribution >= 4 is 0 Å². The molecule has 0 radical (unpaired) electrons. The summed E-state index contributed by atoms with van der Waals surface area (Å²) in [4.78, 5) is 4.16. The Kier molecular flexibility index (Phi) is 2.79. The van der Waals surface area contributed by atoms with E-state index in [1.807, 2.05) is 12.3 Å². The van der Waals surface area contributed by atoms with Crippen LogP contribution in [0.2, 0.25) is 0 Å². The summed E-state index contributed by atoms with van der Waals surface area (Å²) in [5.41, 5.74) is 7.77. The highest BCUT2D eigenvalue weighted by Crippen LogP contribution is 2.29. The zero-order chi connectivity index (χ0) is 9.97. The third kappa shape index (κ3) is 2.30. The van der Waals surface area contributed by atoms with E-state index in [1.165, 1.54) is 12.0 Å². The van der Waals surface area contributed by atoms with Crippen LogP contribution in [-0.2, 0) is 13.1 Å². The molecule has 1 saturated carbocycles. The number of hydrogen-bond acceptors (Lipinski definition) is 3. The van der Waals surface area contributed by atoms with E-state index in [-0.39, 0.29) is 0 Å². The van der Waals surface area contributed by atoms with Crippen molar-refractivity contribution in [3.63, 3.8) is 0 Å². The number of rotatable bonds is 4. The van der Waals surface area contributed by atoms with Crippen LogP contribution in [0.4, 0.5) is 0 Å². The lowest BCUT2D eigenvalue weighted by Crippen LogP contribution is -2.17. The second-order valence-corrected chi connectivity index (χ2v) is 4.06. The summed E-state index contributed by atoms with van der Waals surface area (Å²) >= 11 is 0. The Morgan fingerprint density at radius 1 is 1.64 bits per heavy atom. The average molecular weight is 191 g/mol. The maximum Gasteiger partial charge on any atom is 0.0542 e. The van der Waals surface area contributed by atoms with Crippen LogP contribution in [0.15, 0.2) is 18.3 Å². The highest BCUT2D eigenvalue weighted by molar-refractivity contribution is 5.16. The maximum atomic E-state index is 5.53. The lowest BCUT2D eigenvalue weighted by molar-refractivity contribution is 0.651. The van der Waals surface area contributed by atoms with Gasteiger partial charge in [-0.15, -0.1) is 0 Å². The van der Waals surface area contributed by atoms with Gasteiger partial charge in [0.25, 0.3) is 0 Å². The molecule has 3 N–H and O–H groups in total. The molecule has 0 saturated heterocycles. The van der Waals surface area contributed by atoms with E-state index < -0.39 is 0 Å². The lowest BCUT2D eigenvalue weighted by atomic mass is 10.2. The molecule has 2 rings (SSSR count). The second-order valence-electron chi connectivity index (χ2n) is 4.06. The van der Waals surface area contributed by atoms with Crippen molar-refractivity contribution in [3.8, 4) is 0 Å². The first kappa shape index (κ1) is 9.62. The third-order valence-electron chi connectivity index (χ3n) is 2.77. The summed E-state index contributed by atoms with van der Waals surface area (Å²) < 4.78 is 0. The second kappa shape index (κ2) is 4.07. The van der Waals surface area contributed by atoms with E-state index in [0.717, 1.165) is 24.2 Å². The van der Waals surface area contributed by atoms with Gasteiger partial charge in [0.05, 0.1) is 5.69 Å². The van der Waals surface area contributed by atoms with Crippen LogP contribution in [0, 0.1) is 5.92 Å². The Hall–Kier alpha value is -0.930. The van der Waals surface area contributed by atoms with E-state index in [0.29, 0.717) is 6.54 Å². The molecule has 1 fully saturated rings. The van der Waals surface area contributed by atoms with Crippen molar-refractivity contribution in [3.05, 3.63) is 29.6 Å². The van der Waals surface area contributed by atoms with Crippen molar-refractivity contribution in [1.29, 1.82) is 0 Å². The number of nitrogens with zero attached hydrogens (tertiary/aromatic N) is 1. The van der Waals surface area contributed by atoms with Gasteiger partial charge in [0.1, 0.15) is 0 Å². The molecule has 1 aromatic rings. The number of hydrogen-bond donors (Lipinski definition) is 2. The number of nitrogens with two attached hydrogens (primary N) is 1. The molecule has 0 amide bonds. The Balaban J connectivity index is 1.88. The molecule has 3 heteroatoms. The Labute approximate surface area is 84.7 Å². The first-order chi connectivity index (χ1) is 6.79. The van der Waals surface area contributed by atoms with Crippen LogP contribution < -0.4 is 11.1 Å². The summed E-state index contributed by atoms with van der Waals surface area (Å²) in [7, 11) is 0. The first-order valence-corrected chi connectivity index (χ1v) is 5.17. The molecule has 2 atom stereocenters. The number of nitrogens with one attached hydrogen (secondary N) is 1. The van der Waals surface area contributed by atoms with Gasteiger partial charge in [0.15, 0.2) is 0 Å². The van der Waals surface area contributed by atoms with E-state index in [1.54, 1.807) is 0 Å². The molecule has 0 aliphatic heterocycles. The summed E-state index contributed by atoms with van der Waals surface area (Å²) in [6.07, 6.45) is 3.14. The third-order valence-corrected chi connectivity index (χ3v) is 2.77. The van der Waals surface area contributed by atoms with Gasteiger partial charge in [0, 0.05) is 25.3 Å². The monoisotopic (exact) mass is 191 g/mol. The van der Waals surface area contributed by atoms with E-state index in [9.17, 15) is 0 Å². The predicted molar refractivity (Wildman–Crippen MR) is 56.5 cm³/mol. The minimum atomic E-state index is 0.521. The van der Waals surface area contributed by atoms with Crippen molar-refractivity contribution in [1.82, 2.24) is 10.3 Å². The smallest absolute Gasteiger partial charge is 0.0542 e. The summed E-state index contributed by atoms with van der Waals surface area (Å²) in [5.74, 6) is 0.853. The fraction of sp³-hybridized carbons (Fsp3) is 0.545. The molecule has 2 unspecified atom stereocenters. The SMILES string of the molecule is CC1CC1NCc1ccnc(CN)c1. The van der Waals surface area contributed by atoms with Crippen molar-refractivity contribution < 1.29 is 0 Å². The summed E-state index contributed by atoms with van der Waals surface area (Å²) in [6, 6.07) is 4.84. The predicted octanol–water partition coefficient (Wildman–Crippen LogP) is 1.04. The van der Waals surface area contributed by atoms with Gasteiger partial charge in [-0.3, -0.25) is 4.98 Å². The van der Waals surface area contributed by atoms with Gasteiger partial charge >= 0.3 is 0 Å². The maximum absolute atomic E-state index is 5.53. The molecule has 1 aliphatic rings. The summed E-state index contributed by atoms with van der Waals surface area (Å²) in [5, 5.41) is 3.51. The quantitative estimate of drug-likeness (QED) is 0.747. The Morgan fingerprint density at radius 3 is 3.07 bits per heavy atom. The van der Waals surface area contributed by atoms with Gasteiger partial charge in [-0.05, 0) is 30.0 Å². The molecule has 0 spiro atoms. The molecular weight excluding hydrogens is 174 g/mol. The van der Waals surface area contributed by atoms with Crippen LogP contribution >= 0.6 is 0 Å². The van der Waals surface area contributed by atoms with Gasteiger partial charge in [-0.25, -0.2) is 0 Å². The zero-order valence-corrected chi connectivity index (χ0v) is 8.53. The first-order valence-electron chi connectivity index (χ1n) is 5.17. The zero-order valence-electron chi connectivity index (χ0n) is 8.53. The lowest BCUT2D eigenvalue weighted by Gasteiger charge is -2.04. The van der Waals surface area contributed by atoms with E-state index in [2.05, 4.69) is 23.3 Å². The van der Waals surface area contributed by atoms with E-state index >= 15 is 0 Å². The van der Waals surface area contributed by atoms with Gasteiger partial charge in [0.2, 0.25) is 0 Å². The fourth-order valence-electron chi connectivity index (χ4n) is 1.61. The fourth-order valence-corrected chi connectivity index (χ4v) is 1.61. The number of aromatic nitrogens is 1. The average Bonchev–Trinajstić information content (AvgIpc) is 2.92. The standard InChI is InChI=1S/C11H17N3/c1-8-4-11(8)14-7-9-2-3-13-10(5-9)6-12/h2-3,5,8,11,14H,4,6-7,12H2,1H3. The largest absolute Gasteiger partial charge is 0.325 e. The Morgan fingerprint density at radius 2 is 2.43 bits per heavy atom. The van der Waals surface area contributed by atoms with Crippen LogP contribution in [-0.4, -0.2) is 11.0 Å². The van der Waals surface area contributed by atoms with Crippen LogP contribution in [0.3, 0.4) is 0 Å². The molecule has 0 bridgehead atoms. The minimum absolute atomic E-state index is 0.521. The van der Waals surface area contributed by atoms with Gasteiger partial charge in [-0.1, -0.05) is 6.92 Å². The molecule has 0 aromatic carbocycles. The van der Waals surface area contributed by atoms with Crippen LogP contribution in [0.1, 0.15) is 24.6 Å². The van der Waals surface area contributed by atoms with Gasteiger partial charge in [-0.2, -0.15) is 0 Å². The summed E-state index contributed by atoms with van der Waals surface area (Å²) in [6.45, 7) is 3.73. The molecule has 1 aliphatic carbocycles. The normalized spacial score (nSPS) is 25.0. The molecule has 76 valence electrons. The molecule has 1 aromatic heterocycles. The van der Waals surface area contributed by atoms with Crippen LogP contribution in [0.5, 0.6) is 0 Å². The molecular formula is C11H17N3. The highest BCUT2D eigenvalue weighted by atomic mass is 15.0. The molecule has 14 heavy (non-hydrogen) atoms. The van der Waals surface area contributed by atoms with E-state index in [4.69, 9.17) is 5.73 Å². The Bertz CT molecular complexity index is 311. The van der Waals surface area contributed by atoms with Gasteiger partial charge < -0.3 is 11.1 Å². The topological polar surface area (TPSA) is 50.9 Å². The number of pyridine rings is 1. The molecule has 3 nitrogen and oxygen atoms in total. The minimum Gasteiger partial charge on any atom is -0.325 e. The van der Waals surface area contributed by atoms with Crippen molar-refractivity contribution in [2.45, 2.75) is 32.5 Å².